The molecule has 0 bridgehead atoms. The van der Waals surface area contributed by atoms with Gasteiger partial charge in [0.2, 0.25) is 0 Å². The fourth-order valence-corrected chi connectivity index (χ4v) is 2.87. The Bertz CT molecular complexity index is 496. The number of hydrogen-bond donors (Lipinski definition) is 2. The van der Waals surface area contributed by atoms with E-state index in [-0.39, 0.29) is 10.7 Å². The summed E-state index contributed by atoms with van der Waals surface area (Å²) in [5, 5.41) is 12.3. The fourth-order valence-electron chi connectivity index (χ4n) is 2.68. The lowest BCUT2D eigenvalue weighted by molar-refractivity contribution is 0.0691. The zero-order chi connectivity index (χ0) is 15.2. The van der Waals surface area contributed by atoms with Crippen molar-refractivity contribution in [2.75, 3.05) is 25.0 Å². The van der Waals surface area contributed by atoms with Gasteiger partial charge in [-0.3, -0.25) is 0 Å². The van der Waals surface area contributed by atoms with Crippen molar-refractivity contribution < 1.29 is 9.90 Å². The van der Waals surface area contributed by atoms with Gasteiger partial charge >= 0.3 is 5.97 Å². The molecule has 1 aromatic rings. The molecule has 1 saturated heterocycles. The van der Waals surface area contributed by atoms with E-state index >= 15 is 0 Å². The first kappa shape index (κ1) is 16.0. The van der Waals surface area contributed by atoms with Crippen LogP contribution in [-0.4, -0.2) is 46.6 Å². The average molecular weight is 312 g/mol. The van der Waals surface area contributed by atoms with Gasteiger partial charge in [0.25, 0.3) is 0 Å². The minimum absolute atomic E-state index is 0.105. The van der Waals surface area contributed by atoms with Crippen LogP contribution < -0.4 is 5.32 Å². The maximum absolute atomic E-state index is 11.0. The van der Waals surface area contributed by atoms with Crippen LogP contribution in [0.15, 0.2) is 12.1 Å². The van der Waals surface area contributed by atoms with Gasteiger partial charge in [0.1, 0.15) is 5.82 Å². The molecule has 116 valence electrons. The number of likely N-dealkylation sites (tertiary alicyclic amines) is 1. The van der Waals surface area contributed by atoms with Gasteiger partial charge < -0.3 is 15.3 Å². The third kappa shape index (κ3) is 4.58. The molecule has 0 aliphatic carbocycles. The molecule has 1 aromatic heterocycles. The first-order valence-corrected chi connectivity index (χ1v) is 7.83. The molecule has 0 spiro atoms. The molecular weight excluding hydrogens is 290 g/mol. The second-order valence-corrected chi connectivity index (χ2v) is 5.90. The van der Waals surface area contributed by atoms with Gasteiger partial charge in [-0.15, -0.1) is 0 Å². The number of carbonyl (C=O) groups is 1. The topological polar surface area (TPSA) is 65.5 Å². The highest BCUT2D eigenvalue weighted by molar-refractivity contribution is 6.33. The predicted molar refractivity (Wildman–Crippen MR) is 84.2 cm³/mol. The number of hydrogen-bond acceptors (Lipinski definition) is 4. The van der Waals surface area contributed by atoms with Crippen LogP contribution in [0.1, 0.15) is 43.1 Å². The Hall–Kier alpha value is -1.33. The summed E-state index contributed by atoms with van der Waals surface area (Å²) in [5.41, 5.74) is -0.105. The Morgan fingerprint density at radius 3 is 3.05 bits per heavy atom. The normalized spacial score (nSPS) is 19.4. The smallest absolute Gasteiger partial charge is 0.356 e. The van der Waals surface area contributed by atoms with E-state index in [1.165, 1.54) is 25.8 Å². The van der Waals surface area contributed by atoms with Crippen LogP contribution in [0, 0.1) is 0 Å². The molecule has 0 amide bonds. The number of halogens is 1. The second kappa shape index (κ2) is 7.61. The highest BCUT2D eigenvalue weighted by atomic mass is 35.5. The van der Waals surface area contributed by atoms with Gasteiger partial charge in [-0.2, -0.15) is 0 Å². The number of aromatic carboxylic acids is 1. The maximum Gasteiger partial charge on any atom is 0.356 e. The number of carboxylic acid groups (broad SMARTS) is 1. The lowest BCUT2D eigenvalue weighted by atomic mass is 10.0. The fraction of sp³-hybridized carbons (Fsp3) is 0.600. The van der Waals surface area contributed by atoms with E-state index < -0.39 is 5.97 Å². The summed E-state index contributed by atoms with van der Waals surface area (Å²) in [6, 6.07) is 3.94. The number of nitrogens with one attached hydrogen (secondary N) is 1. The largest absolute Gasteiger partial charge is 0.476 e. The van der Waals surface area contributed by atoms with E-state index in [4.69, 9.17) is 16.7 Å². The van der Waals surface area contributed by atoms with Crippen molar-refractivity contribution in [2.45, 2.75) is 38.6 Å². The number of aromatic nitrogens is 1. The van der Waals surface area contributed by atoms with Crippen LogP contribution in [0.4, 0.5) is 5.82 Å². The van der Waals surface area contributed by atoms with Gasteiger partial charge in [-0.05, 0) is 44.9 Å². The van der Waals surface area contributed by atoms with E-state index in [2.05, 4.69) is 22.1 Å². The van der Waals surface area contributed by atoms with Crippen LogP contribution in [0.25, 0.3) is 0 Å². The highest BCUT2D eigenvalue weighted by Gasteiger charge is 2.17. The molecule has 0 aromatic carbocycles. The molecule has 0 radical (unpaired) electrons. The first-order valence-electron chi connectivity index (χ1n) is 7.45. The SMILES string of the molecule is CC1CCCCN1CCCNc1ccc(Cl)c(C(=O)O)n1. The summed E-state index contributed by atoms with van der Waals surface area (Å²) in [5.74, 6) is -0.547. The lowest BCUT2D eigenvalue weighted by Gasteiger charge is -2.33. The molecule has 0 saturated carbocycles. The van der Waals surface area contributed by atoms with E-state index in [1.54, 1.807) is 12.1 Å². The van der Waals surface area contributed by atoms with Crippen molar-refractivity contribution in [2.24, 2.45) is 0 Å². The Labute approximate surface area is 130 Å². The minimum Gasteiger partial charge on any atom is -0.476 e. The van der Waals surface area contributed by atoms with Crippen molar-refractivity contribution in [1.82, 2.24) is 9.88 Å². The summed E-state index contributed by atoms with van der Waals surface area (Å²) >= 11 is 5.79. The maximum atomic E-state index is 11.0. The second-order valence-electron chi connectivity index (χ2n) is 5.49. The number of anilines is 1. The zero-order valence-corrected chi connectivity index (χ0v) is 13.1. The summed E-state index contributed by atoms with van der Waals surface area (Å²) in [4.78, 5) is 17.5. The molecule has 6 heteroatoms. The van der Waals surface area contributed by atoms with Crippen molar-refractivity contribution in [3.8, 4) is 0 Å². The van der Waals surface area contributed by atoms with Crippen LogP contribution in [-0.2, 0) is 0 Å². The lowest BCUT2D eigenvalue weighted by Crippen LogP contribution is -2.38. The Balaban J connectivity index is 1.78. The summed E-state index contributed by atoms with van der Waals surface area (Å²) in [6.07, 6.45) is 4.92. The first-order chi connectivity index (χ1) is 10.1. The predicted octanol–water partition coefficient (Wildman–Crippen LogP) is 3.11. The van der Waals surface area contributed by atoms with Crippen molar-refractivity contribution in [3.05, 3.63) is 22.8 Å². The monoisotopic (exact) mass is 311 g/mol. The Kier molecular flexibility index (Phi) is 5.82. The van der Waals surface area contributed by atoms with Gasteiger partial charge in [-0.25, -0.2) is 9.78 Å². The van der Waals surface area contributed by atoms with Gasteiger partial charge in [0, 0.05) is 19.1 Å². The van der Waals surface area contributed by atoms with Crippen molar-refractivity contribution in [1.29, 1.82) is 0 Å². The summed E-state index contributed by atoms with van der Waals surface area (Å²) < 4.78 is 0. The number of nitrogens with zero attached hydrogens (tertiary/aromatic N) is 2. The Morgan fingerprint density at radius 2 is 2.33 bits per heavy atom. The average Bonchev–Trinajstić information content (AvgIpc) is 2.46. The number of piperidine rings is 1. The van der Waals surface area contributed by atoms with Gasteiger partial charge in [0.15, 0.2) is 5.69 Å². The molecule has 1 unspecified atom stereocenters. The summed E-state index contributed by atoms with van der Waals surface area (Å²) in [6.45, 7) is 5.31. The molecular formula is C15H22ClN3O2. The van der Waals surface area contributed by atoms with Crippen LogP contribution in [0.5, 0.6) is 0 Å². The van der Waals surface area contributed by atoms with Crippen molar-refractivity contribution in [3.63, 3.8) is 0 Å². The zero-order valence-electron chi connectivity index (χ0n) is 12.3. The quantitative estimate of drug-likeness (QED) is 0.790. The van der Waals surface area contributed by atoms with E-state index in [0.717, 1.165) is 19.5 Å². The highest BCUT2D eigenvalue weighted by Crippen LogP contribution is 2.18. The minimum atomic E-state index is -1.11. The van der Waals surface area contributed by atoms with Crippen LogP contribution in [0.3, 0.4) is 0 Å². The molecule has 1 aliphatic heterocycles. The van der Waals surface area contributed by atoms with E-state index in [0.29, 0.717) is 11.9 Å². The molecule has 2 heterocycles. The van der Waals surface area contributed by atoms with Crippen LogP contribution in [0.2, 0.25) is 5.02 Å². The van der Waals surface area contributed by atoms with Crippen LogP contribution >= 0.6 is 11.6 Å². The summed E-state index contributed by atoms with van der Waals surface area (Å²) in [7, 11) is 0. The molecule has 2 rings (SSSR count). The van der Waals surface area contributed by atoms with E-state index in [9.17, 15) is 4.79 Å². The third-order valence-corrected chi connectivity index (χ3v) is 4.22. The molecule has 2 N–H and O–H groups in total. The Morgan fingerprint density at radius 1 is 1.52 bits per heavy atom. The van der Waals surface area contributed by atoms with Gasteiger partial charge in [-0.1, -0.05) is 18.0 Å². The number of rotatable bonds is 6. The molecule has 1 fully saturated rings. The third-order valence-electron chi connectivity index (χ3n) is 3.92. The number of pyridine rings is 1. The molecule has 1 atom stereocenters. The molecule has 21 heavy (non-hydrogen) atoms. The van der Waals surface area contributed by atoms with Crippen molar-refractivity contribution >= 4 is 23.4 Å². The number of carboxylic acids is 1. The van der Waals surface area contributed by atoms with Gasteiger partial charge in [0.05, 0.1) is 5.02 Å². The molecule has 1 aliphatic rings. The standard InChI is InChI=1S/C15H22ClN3O2/c1-11-5-2-3-9-19(11)10-4-8-17-13-7-6-12(16)14(18-13)15(20)21/h6-7,11H,2-5,8-10H2,1H3,(H,17,18)(H,20,21). The molecule has 5 nitrogen and oxygen atoms in total. The van der Waals surface area contributed by atoms with E-state index in [1.807, 2.05) is 0 Å².